The Morgan fingerprint density at radius 3 is 2.35 bits per heavy atom. The maximum absolute atomic E-state index is 5.45. The standard InChI is InChI=1S/C18H25NO/c1-14(19-15(2)17-11-8-12-20-17)13-18(3,4)16-9-6-5-7-10-16/h5-12,14-15,19H,13H2,1-4H3/t14?,15-/m0/s1. The maximum Gasteiger partial charge on any atom is 0.120 e. The van der Waals surface area contributed by atoms with Gasteiger partial charge in [0.2, 0.25) is 0 Å². The van der Waals surface area contributed by atoms with Gasteiger partial charge in [0.1, 0.15) is 5.76 Å². The predicted octanol–water partition coefficient (Wildman–Crippen LogP) is 4.69. The van der Waals surface area contributed by atoms with Crippen LogP contribution in [0.15, 0.2) is 53.1 Å². The molecule has 2 nitrogen and oxygen atoms in total. The second kappa shape index (κ2) is 6.27. The van der Waals surface area contributed by atoms with Crippen molar-refractivity contribution < 1.29 is 4.42 Å². The van der Waals surface area contributed by atoms with Crippen LogP contribution in [-0.4, -0.2) is 6.04 Å². The first kappa shape index (κ1) is 14.9. The van der Waals surface area contributed by atoms with E-state index >= 15 is 0 Å². The van der Waals surface area contributed by atoms with Gasteiger partial charge >= 0.3 is 0 Å². The van der Waals surface area contributed by atoms with Crippen molar-refractivity contribution in [2.45, 2.75) is 51.6 Å². The van der Waals surface area contributed by atoms with E-state index in [1.54, 1.807) is 6.26 Å². The first-order valence-corrected chi connectivity index (χ1v) is 7.34. The molecule has 0 spiro atoms. The van der Waals surface area contributed by atoms with E-state index in [1.165, 1.54) is 5.56 Å². The second-order valence-electron chi connectivity index (χ2n) is 6.26. The van der Waals surface area contributed by atoms with E-state index in [2.05, 4.69) is 63.3 Å². The van der Waals surface area contributed by atoms with Crippen LogP contribution in [0.25, 0.3) is 0 Å². The van der Waals surface area contributed by atoms with Crippen LogP contribution < -0.4 is 5.32 Å². The molecule has 0 aliphatic heterocycles. The van der Waals surface area contributed by atoms with E-state index in [1.807, 2.05) is 12.1 Å². The van der Waals surface area contributed by atoms with Crippen LogP contribution in [0.4, 0.5) is 0 Å². The summed E-state index contributed by atoms with van der Waals surface area (Å²) in [4.78, 5) is 0. The average molecular weight is 271 g/mol. The van der Waals surface area contributed by atoms with Crippen LogP contribution in [0.5, 0.6) is 0 Å². The smallest absolute Gasteiger partial charge is 0.120 e. The van der Waals surface area contributed by atoms with Gasteiger partial charge < -0.3 is 9.73 Å². The summed E-state index contributed by atoms with van der Waals surface area (Å²) in [6.07, 6.45) is 2.81. The van der Waals surface area contributed by atoms with Gasteiger partial charge in [-0.3, -0.25) is 0 Å². The fourth-order valence-corrected chi connectivity index (χ4v) is 2.88. The van der Waals surface area contributed by atoms with Crippen LogP contribution in [0, 0.1) is 0 Å². The zero-order valence-corrected chi connectivity index (χ0v) is 12.9. The van der Waals surface area contributed by atoms with Gasteiger partial charge in [0.25, 0.3) is 0 Å². The summed E-state index contributed by atoms with van der Waals surface area (Å²) in [5, 5.41) is 3.61. The molecular formula is C18H25NO. The van der Waals surface area contributed by atoms with Crippen molar-refractivity contribution in [3.8, 4) is 0 Å². The molecule has 1 aromatic carbocycles. The average Bonchev–Trinajstić information content (AvgIpc) is 2.93. The summed E-state index contributed by atoms with van der Waals surface area (Å²) in [6.45, 7) is 8.99. The molecule has 1 aromatic heterocycles. The Morgan fingerprint density at radius 2 is 1.75 bits per heavy atom. The minimum atomic E-state index is 0.163. The topological polar surface area (TPSA) is 25.2 Å². The monoisotopic (exact) mass is 271 g/mol. The van der Waals surface area contributed by atoms with E-state index in [4.69, 9.17) is 4.42 Å². The van der Waals surface area contributed by atoms with Gasteiger partial charge in [0.15, 0.2) is 0 Å². The van der Waals surface area contributed by atoms with Gasteiger partial charge in [0, 0.05) is 6.04 Å². The molecule has 0 saturated heterocycles. The van der Waals surface area contributed by atoms with Crippen LogP contribution >= 0.6 is 0 Å². The molecule has 0 radical (unpaired) electrons. The fourth-order valence-electron chi connectivity index (χ4n) is 2.88. The Kier molecular flexibility index (Phi) is 4.66. The number of hydrogen-bond donors (Lipinski definition) is 1. The summed E-state index contributed by atoms with van der Waals surface area (Å²) >= 11 is 0. The van der Waals surface area contributed by atoms with E-state index in [0.29, 0.717) is 6.04 Å². The molecule has 2 aromatic rings. The van der Waals surface area contributed by atoms with Crippen molar-refractivity contribution in [1.82, 2.24) is 5.32 Å². The maximum atomic E-state index is 5.45. The fraction of sp³-hybridized carbons (Fsp3) is 0.444. The Balaban J connectivity index is 1.95. The summed E-state index contributed by atoms with van der Waals surface area (Å²) in [5.74, 6) is 0.995. The van der Waals surface area contributed by atoms with Crippen LogP contribution in [0.3, 0.4) is 0 Å². The summed E-state index contributed by atoms with van der Waals surface area (Å²) in [6, 6.07) is 15.3. The minimum absolute atomic E-state index is 0.163. The van der Waals surface area contributed by atoms with Crippen LogP contribution in [0.1, 0.15) is 51.5 Å². The molecule has 0 amide bonds. The molecule has 1 unspecified atom stereocenters. The molecule has 20 heavy (non-hydrogen) atoms. The number of nitrogens with one attached hydrogen (secondary N) is 1. The van der Waals surface area contributed by atoms with Gasteiger partial charge in [-0.2, -0.15) is 0 Å². The summed E-state index contributed by atoms with van der Waals surface area (Å²) in [5.41, 5.74) is 1.55. The lowest BCUT2D eigenvalue weighted by atomic mass is 9.79. The van der Waals surface area contributed by atoms with Gasteiger partial charge in [0.05, 0.1) is 12.3 Å². The molecule has 0 saturated carbocycles. The molecule has 2 rings (SSSR count). The van der Waals surface area contributed by atoms with Crippen LogP contribution in [-0.2, 0) is 5.41 Å². The SMILES string of the molecule is CC(CC(C)(C)c1ccccc1)N[C@@H](C)c1ccco1. The lowest BCUT2D eigenvalue weighted by molar-refractivity contribution is 0.341. The molecule has 1 heterocycles. The molecule has 0 aliphatic rings. The molecule has 0 aliphatic carbocycles. The van der Waals surface area contributed by atoms with E-state index in [9.17, 15) is 0 Å². The van der Waals surface area contributed by atoms with Gasteiger partial charge in [-0.25, -0.2) is 0 Å². The first-order chi connectivity index (χ1) is 9.49. The molecule has 0 bridgehead atoms. The third-order valence-corrected chi connectivity index (χ3v) is 3.88. The van der Waals surface area contributed by atoms with Gasteiger partial charge in [-0.05, 0) is 43.4 Å². The van der Waals surface area contributed by atoms with E-state index < -0.39 is 0 Å². The van der Waals surface area contributed by atoms with Crippen molar-refractivity contribution in [1.29, 1.82) is 0 Å². The molecular weight excluding hydrogens is 246 g/mol. The molecule has 108 valence electrons. The van der Waals surface area contributed by atoms with Crippen molar-refractivity contribution >= 4 is 0 Å². The Morgan fingerprint density at radius 1 is 1.05 bits per heavy atom. The third kappa shape index (κ3) is 3.73. The quantitative estimate of drug-likeness (QED) is 0.824. The highest BCUT2D eigenvalue weighted by Crippen LogP contribution is 2.28. The number of hydrogen-bond acceptors (Lipinski definition) is 2. The second-order valence-corrected chi connectivity index (χ2v) is 6.26. The Hall–Kier alpha value is -1.54. The number of rotatable bonds is 6. The predicted molar refractivity (Wildman–Crippen MR) is 83.8 cm³/mol. The van der Waals surface area contributed by atoms with E-state index in [-0.39, 0.29) is 11.5 Å². The van der Waals surface area contributed by atoms with Gasteiger partial charge in [-0.15, -0.1) is 0 Å². The van der Waals surface area contributed by atoms with Crippen molar-refractivity contribution in [3.05, 3.63) is 60.1 Å². The highest BCUT2D eigenvalue weighted by atomic mass is 16.3. The summed E-state index contributed by atoms with van der Waals surface area (Å²) in [7, 11) is 0. The molecule has 2 heteroatoms. The molecule has 2 atom stereocenters. The molecule has 0 fully saturated rings. The lowest BCUT2D eigenvalue weighted by Crippen LogP contribution is -2.34. The largest absolute Gasteiger partial charge is 0.468 e. The lowest BCUT2D eigenvalue weighted by Gasteiger charge is -2.30. The van der Waals surface area contributed by atoms with Gasteiger partial charge in [-0.1, -0.05) is 44.2 Å². The normalized spacial score (nSPS) is 15.0. The zero-order valence-electron chi connectivity index (χ0n) is 12.9. The Labute approximate surface area is 122 Å². The highest BCUT2D eigenvalue weighted by molar-refractivity contribution is 5.23. The molecule has 1 N–H and O–H groups in total. The summed E-state index contributed by atoms with van der Waals surface area (Å²) < 4.78 is 5.45. The minimum Gasteiger partial charge on any atom is -0.468 e. The zero-order chi connectivity index (χ0) is 14.6. The van der Waals surface area contributed by atoms with Crippen LogP contribution in [0.2, 0.25) is 0 Å². The third-order valence-electron chi connectivity index (χ3n) is 3.88. The van der Waals surface area contributed by atoms with Crippen molar-refractivity contribution in [3.63, 3.8) is 0 Å². The Bertz CT molecular complexity index is 501. The van der Waals surface area contributed by atoms with Crippen molar-refractivity contribution in [2.24, 2.45) is 0 Å². The number of furan rings is 1. The van der Waals surface area contributed by atoms with E-state index in [0.717, 1.165) is 12.2 Å². The first-order valence-electron chi connectivity index (χ1n) is 7.34. The highest BCUT2D eigenvalue weighted by Gasteiger charge is 2.24. The number of benzene rings is 1. The van der Waals surface area contributed by atoms with Crippen molar-refractivity contribution in [2.75, 3.05) is 0 Å².